The van der Waals surface area contributed by atoms with Crippen LogP contribution in [0, 0.1) is 5.82 Å². The maximum atomic E-state index is 13.0. The topological polar surface area (TPSA) is 68.0 Å². The van der Waals surface area contributed by atoms with Crippen LogP contribution in [0.2, 0.25) is 5.02 Å². The maximum absolute atomic E-state index is 13.0. The Morgan fingerprint density at radius 3 is 3.00 bits per heavy atom. The molecule has 8 heteroatoms. The molecule has 0 unspecified atom stereocenters. The third-order valence-corrected chi connectivity index (χ3v) is 3.50. The average Bonchev–Trinajstić information content (AvgIpc) is 2.79. The van der Waals surface area contributed by atoms with Crippen LogP contribution in [0.4, 0.5) is 4.39 Å². The second-order valence-corrected chi connectivity index (χ2v) is 5.02. The zero-order valence-corrected chi connectivity index (χ0v) is 11.2. The van der Waals surface area contributed by atoms with Gasteiger partial charge in [-0.3, -0.25) is 4.79 Å². The largest absolute Gasteiger partial charge is 0.481 e. The van der Waals surface area contributed by atoms with Gasteiger partial charge in [0, 0.05) is 0 Å². The summed E-state index contributed by atoms with van der Waals surface area (Å²) in [7, 11) is 0. The van der Waals surface area contributed by atoms with Crippen LogP contribution in [-0.4, -0.2) is 31.6 Å². The lowest BCUT2D eigenvalue weighted by Crippen LogP contribution is -2.04. The van der Waals surface area contributed by atoms with Gasteiger partial charge in [-0.25, -0.2) is 4.39 Å². The summed E-state index contributed by atoms with van der Waals surface area (Å²) in [6.45, 7) is 0.398. The summed E-state index contributed by atoms with van der Waals surface area (Å²) in [5.41, 5.74) is 0.781. The van der Waals surface area contributed by atoms with Crippen molar-refractivity contribution in [2.75, 3.05) is 5.75 Å². The van der Waals surface area contributed by atoms with Gasteiger partial charge in [0.05, 0.1) is 17.3 Å². The fraction of sp³-hybridized carbons (Fsp3) is 0.182. The molecule has 0 saturated carbocycles. The first-order valence-corrected chi connectivity index (χ1v) is 6.59. The van der Waals surface area contributed by atoms with Gasteiger partial charge in [0.15, 0.2) is 5.16 Å². The molecule has 0 aliphatic carbocycles. The van der Waals surface area contributed by atoms with Gasteiger partial charge in [0.25, 0.3) is 0 Å². The van der Waals surface area contributed by atoms with E-state index in [2.05, 4.69) is 10.2 Å². The summed E-state index contributed by atoms with van der Waals surface area (Å²) in [6.07, 6.45) is 1.49. The molecule has 1 aromatic carbocycles. The lowest BCUT2D eigenvalue weighted by atomic mass is 10.2. The molecular weight excluding hydrogens is 293 g/mol. The molecule has 0 saturated heterocycles. The fourth-order valence-corrected chi connectivity index (χ4v) is 2.26. The Morgan fingerprint density at radius 1 is 1.53 bits per heavy atom. The van der Waals surface area contributed by atoms with Gasteiger partial charge in [-0.1, -0.05) is 29.4 Å². The summed E-state index contributed by atoms with van der Waals surface area (Å²) in [6, 6.07) is 4.40. The van der Waals surface area contributed by atoms with Crippen LogP contribution in [0.3, 0.4) is 0 Å². The smallest absolute Gasteiger partial charge is 0.313 e. The molecule has 2 rings (SSSR count). The molecule has 0 aliphatic rings. The summed E-state index contributed by atoms with van der Waals surface area (Å²) >= 11 is 6.77. The van der Waals surface area contributed by atoms with Crippen LogP contribution in [-0.2, 0) is 11.3 Å². The number of aliphatic carboxylic acids is 1. The number of rotatable bonds is 5. The minimum Gasteiger partial charge on any atom is -0.481 e. The predicted octanol–water partition coefficient (Wildman–Crippen LogP) is 2.30. The zero-order chi connectivity index (χ0) is 13.8. The molecule has 0 amide bonds. The van der Waals surface area contributed by atoms with Gasteiger partial charge in [-0.15, -0.1) is 10.2 Å². The third kappa shape index (κ3) is 3.68. The first-order chi connectivity index (χ1) is 9.06. The zero-order valence-electron chi connectivity index (χ0n) is 9.58. The fourth-order valence-electron chi connectivity index (χ4n) is 1.43. The number of hydrogen-bond donors (Lipinski definition) is 1. The Hall–Kier alpha value is -1.60. The first kappa shape index (κ1) is 13.8. The number of benzene rings is 1. The molecule has 1 N–H and O–H groups in total. The van der Waals surface area contributed by atoms with Gasteiger partial charge in [-0.2, -0.15) is 0 Å². The molecule has 0 bridgehead atoms. The lowest BCUT2D eigenvalue weighted by molar-refractivity contribution is -0.133. The highest BCUT2D eigenvalue weighted by molar-refractivity contribution is 7.99. The Morgan fingerprint density at radius 2 is 2.32 bits per heavy atom. The van der Waals surface area contributed by atoms with Crippen molar-refractivity contribution in [2.24, 2.45) is 0 Å². The van der Waals surface area contributed by atoms with E-state index in [1.54, 1.807) is 10.6 Å². The number of carboxylic acids is 1. The SMILES string of the molecule is O=C(O)CSc1nncn1Cc1ccc(F)c(Cl)c1. The summed E-state index contributed by atoms with van der Waals surface area (Å²) < 4.78 is 14.7. The van der Waals surface area contributed by atoms with Crippen LogP contribution in [0.1, 0.15) is 5.56 Å². The molecule has 0 fully saturated rings. The lowest BCUT2D eigenvalue weighted by Gasteiger charge is -2.06. The average molecular weight is 302 g/mol. The van der Waals surface area contributed by atoms with E-state index in [4.69, 9.17) is 16.7 Å². The maximum Gasteiger partial charge on any atom is 0.313 e. The third-order valence-electron chi connectivity index (χ3n) is 2.24. The number of hydrogen-bond acceptors (Lipinski definition) is 4. The molecule has 0 aliphatic heterocycles. The van der Waals surface area contributed by atoms with Crippen molar-refractivity contribution >= 4 is 29.3 Å². The second-order valence-electron chi connectivity index (χ2n) is 3.67. The van der Waals surface area contributed by atoms with E-state index in [0.29, 0.717) is 11.7 Å². The highest BCUT2D eigenvalue weighted by Crippen LogP contribution is 2.19. The molecule has 2 aromatic rings. The monoisotopic (exact) mass is 301 g/mol. The highest BCUT2D eigenvalue weighted by atomic mass is 35.5. The molecule has 0 radical (unpaired) electrons. The van der Waals surface area contributed by atoms with Crippen molar-refractivity contribution in [1.82, 2.24) is 14.8 Å². The van der Waals surface area contributed by atoms with Crippen molar-refractivity contribution in [3.05, 3.63) is 40.9 Å². The van der Waals surface area contributed by atoms with E-state index in [1.165, 1.54) is 18.5 Å². The molecule has 19 heavy (non-hydrogen) atoms. The molecule has 0 atom stereocenters. The quantitative estimate of drug-likeness (QED) is 0.858. The molecule has 0 spiro atoms. The van der Waals surface area contributed by atoms with E-state index in [-0.39, 0.29) is 10.8 Å². The summed E-state index contributed by atoms with van der Waals surface area (Å²) in [5.74, 6) is -1.50. The summed E-state index contributed by atoms with van der Waals surface area (Å²) in [4.78, 5) is 10.5. The van der Waals surface area contributed by atoms with Crippen molar-refractivity contribution in [3.8, 4) is 0 Å². The number of nitrogens with zero attached hydrogens (tertiary/aromatic N) is 3. The number of carboxylic acid groups (broad SMARTS) is 1. The van der Waals surface area contributed by atoms with E-state index < -0.39 is 11.8 Å². The minimum absolute atomic E-state index is 0.0466. The number of carbonyl (C=O) groups is 1. The van der Waals surface area contributed by atoms with Gasteiger partial charge in [0.2, 0.25) is 0 Å². The first-order valence-electron chi connectivity index (χ1n) is 5.22. The summed E-state index contributed by atoms with van der Waals surface area (Å²) in [5, 5.41) is 16.7. The molecule has 1 aromatic heterocycles. The Kier molecular flexibility index (Phi) is 4.39. The van der Waals surface area contributed by atoms with Crippen molar-refractivity contribution < 1.29 is 14.3 Å². The van der Waals surface area contributed by atoms with Crippen LogP contribution in [0.25, 0.3) is 0 Å². The van der Waals surface area contributed by atoms with Gasteiger partial charge < -0.3 is 9.67 Å². The van der Waals surface area contributed by atoms with Gasteiger partial charge in [-0.05, 0) is 17.7 Å². The van der Waals surface area contributed by atoms with E-state index in [1.807, 2.05) is 0 Å². The van der Waals surface area contributed by atoms with Crippen molar-refractivity contribution in [1.29, 1.82) is 0 Å². The molecular formula is C11H9ClFN3O2S. The Balaban J connectivity index is 2.12. The Labute approximate surface area is 117 Å². The van der Waals surface area contributed by atoms with Crippen molar-refractivity contribution in [3.63, 3.8) is 0 Å². The Bertz CT molecular complexity index is 605. The number of thioether (sulfide) groups is 1. The van der Waals surface area contributed by atoms with Crippen LogP contribution in [0.15, 0.2) is 29.7 Å². The standard InChI is InChI=1S/C11H9ClFN3O2S/c12-8-3-7(1-2-9(8)13)4-16-6-14-15-11(16)19-5-10(17)18/h1-3,6H,4-5H2,(H,17,18). The van der Waals surface area contributed by atoms with E-state index >= 15 is 0 Å². The normalized spacial score (nSPS) is 10.6. The number of halogens is 2. The van der Waals surface area contributed by atoms with Gasteiger partial charge >= 0.3 is 5.97 Å². The van der Waals surface area contributed by atoms with Crippen LogP contribution >= 0.6 is 23.4 Å². The van der Waals surface area contributed by atoms with Crippen molar-refractivity contribution in [2.45, 2.75) is 11.7 Å². The van der Waals surface area contributed by atoms with E-state index in [0.717, 1.165) is 17.3 Å². The predicted molar refractivity (Wildman–Crippen MR) is 68.9 cm³/mol. The highest BCUT2D eigenvalue weighted by Gasteiger charge is 2.09. The minimum atomic E-state index is -0.927. The molecule has 1 heterocycles. The van der Waals surface area contributed by atoms with Crippen LogP contribution in [0.5, 0.6) is 0 Å². The van der Waals surface area contributed by atoms with E-state index in [9.17, 15) is 9.18 Å². The molecule has 5 nitrogen and oxygen atoms in total. The number of aromatic nitrogens is 3. The second kappa shape index (κ2) is 6.03. The molecule has 100 valence electrons. The van der Waals surface area contributed by atoms with Gasteiger partial charge in [0.1, 0.15) is 12.1 Å². The van der Waals surface area contributed by atoms with Crippen LogP contribution < -0.4 is 0 Å².